The average Bonchev–Trinajstić information content (AvgIpc) is 3.61. The molecule has 0 unspecified atom stereocenters. The van der Waals surface area contributed by atoms with Crippen molar-refractivity contribution in [1.29, 1.82) is 0 Å². The fourth-order valence-corrected chi connectivity index (χ4v) is 5.12. The molecule has 1 heteroatoms. The van der Waals surface area contributed by atoms with Crippen LogP contribution in [0.1, 0.15) is 35.1 Å². The second-order valence-electron chi connectivity index (χ2n) is 9.32. The Morgan fingerprint density at radius 3 is 2.14 bits per heavy atom. The lowest BCUT2D eigenvalue weighted by Crippen LogP contribution is -1.96. The van der Waals surface area contributed by atoms with E-state index in [1.165, 1.54) is 49.7 Å². The number of hydrogen-bond acceptors (Lipinski definition) is 1. The van der Waals surface area contributed by atoms with Crippen molar-refractivity contribution in [2.75, 3.05) is 0 Å². The molecule has 6 rings (SSSR count). The van der Waals surface area contributed by atoms with Gasteiger partial charge in [-0.2, -0.15) is 0 Å². The van der Waals surface area contributed by atoms with E-state index in [1.54, 1.807) is 0 Å². The summed E-state index contributed by atoms with van der Waals surface area (Å²) < 4.78 is 5.95. The Bertz CT molecular complexity index is 1480. The molecule has 0 aromatic heterocycles. The smallest absolute Gasteiger partial charge is 0.119 e. The first-order valence-electron chi connectivity index (χ1n) is 12.4. The first kappa shape index (κ1) is 21.4. The maximum absolute atomic E-state index is 5.95. The first-order chi connectivity index (χ1) is 17.3. The molecule has 35 heavy (non-hydrogen) atoms. The van der Waals surface area contributed by atoms with Crippen LogP contribution in [0.15, 0.2) is 127 Å². The molecule has 0 aliphatic heterocycles. The highest BCUT2D eigenvalue weighted by atomic mass is 16.5. The highest BCUT2D eigenvalue weighted by Gasteiger charge is 2.17. The zero-order valence-electron chi connectivity index (χ0n) is 19.8. The van der Waals surface area contributed by atoms with Gasteiger partial charge in [0.2, 0.25) is 0 Å². The number of rotatable bonds is 7. The standard InChI is InChI=1S/C34H28O/c1-2-8-26(9-3-1)24-35-31-20-17-25(18-21-31)22-27-16-19-30(23-27)33-15-7-13-29-12-6-14-32(34(29)33)28-10-4-5-11-28/h1-10,12-21H,11,22-24H2. The number of fused-ring (bicyclic) bond motifs is 1. The fourth-order valence-electron chi connectivity index (χ4n) is 5.12. The van der Waals surface area contributed by atoms with Crippen molar-refractivity contribution in [1.82, 2.24) is 0 Å². The Kier molecular flexibility index (Phi) is 5.90. The highest BCUT2D eigenvalue weighted by Crippen LogP contribution is 2.38. The SMILES string of the molecule is C1=CCC(c2cccc3cccc(C4=CC=C(Cc5ccc(OCc6ccccc6)cc5)C4)c23)=C1. The zero-order chi connectivity index (χ0) is 23.5. The van der Waals surface area contributed by atoms with Crippen LogP contribution in [-0.4, -0.2) is 0 Å². The van der Waals surface area contributed by atoms with Gasteiger partial charge in [0.1, 0.15) is 12.4 Å². The molecule has 0 atom stereocenters. The van der Waals surface area contributed by atoms with E-state index in [-0.39, 0.29) is 0 Å². The summed E-state index contributed by atoms with van der Waals surface area (Å²) >= 11 is 0. The van der Waals surface area contributed by atoms with Gasteiger partial charge < -0.3 is 4.74 Å². The van der Waals surface area contributed by atoms with E-state index in [1.807, 2.05) is 18.2 Å². The lowest BCUT2D eigenvalue weighted by molar-refractivity contribution is 0.306. The van der Waals surface area contributed by atoms with Crippen LogP contribution >= 0.6 is 0 Å². The van der Waals surface area contributed by atoms with Crippen molar-refractivity contribution >= 4 is 21.9 Å². The van der Waals surface area contributed by atoms with Crippen LogP contribution in [0.25, 0.3) is 21.9 Å². The van der Waals surface area contributed by atoms with Gasteiger partial charge in [-0.05, 0) is 75.6 Å². The molecule has 4 aromatic rings. The fraction of sp³-hybridized carbons (Fsp3) is 0.118. The third-order valence-electron chi connectivity index (χ3n) is 6.91. The number of benzene rings is 4. The number of allylic oxidation sites excluding steroid dienone is 8. The molecule has 1 nitrogen and oxygen atoms in total. The molecule has 0 heterocycles. The summed E-state index contributed by atoms with van der Waals surface area (Å²) in [4.78, 5) is 0. The van der Waals surface area contributed by atoms with Crippen LogP contribution in [0.3, 0.4) is 0 Å². The van der Waals surface area contributed by atoms with Gasteiger partial charge in [-0.25, -0.2) is 0 Å². The quantitative estimate of drug-likeness (QED) is 0.272. The monoisotopic (exact) mass is 452 g/mol. The molecule has 0 saturated carbocycles. The summed E-state index contributed by atoms with van der Waals surface area (Å²) in [6.45, 7) is 0.596. The van der Waals surface area contributed by atoms with Gasteiger partial charge >= 0.3 is 0 Å². The predicted octanol–water partition coefficient (Wildman–Crippen LogP) is 8.72. The second-order valence-corrected chi connectivity index (χ2v) is 9.32. The molecule has 2 aliphatic rings. The van der Waals surface area contributed by atoms with Crippen LogP contribution in [-0.2, 0) is 13.0 Å². The molecule has 0 bridgehead atoms. The molecule has 0 spiro atoms. The molecule has 2 aliphatic carbocycles. The van der Waals surface area contributed by atoms with Crippen molar-refractivity contribution in [3.8, 4) is 5.75 Å². The van der Waals surface area contributed by atoms with Gasteiger partial charge in [0.25, 0.3) is 0 Å². The normalized spacial score (nSPS) is 14.7. The zero-order valence-corrected chi connectivity index (χ0v) is 19.8. The third-order valence-corrected chi connectivity index (χ3v) is 6.91. The maximum atomic E-state index is 5.95. The number of ether oxygens (including phenoxy) is 1. The van der Waals surface area contributed by atoms with Crippen molar-refractivity contribution < 1.29 is 4.74 Å². The summed E-state index contributed by atoms with van der Waals surface area (Å²) in [5.41, 5.74) is 9.50. The largest absolute Gasteiger partial charge is 0.489 e. The topological polar surface area (TPSA) is 9.23 Å². The van der Waals surface area contributed by atoms with Gasteiger partial charge in [-0.15, -0.1) is 0 Å². The molecule has 170 valence electrons. The Hall–Kier alpha value is -4.10. The van der Waals surface area contributed by atoms with Crippen molar-refractivity contribution in [2.45, 2.75) is 25.9 Å². The van der Waals surface area contributed by atoms with Gasteiger partial charge in [0.05, 0.1) is 0 Å². The lowest BCUT2D eigenvalue weighted by atomic mass is 9.89. The van der Waals surface area contributed by atoms with Gasteiger partial charge in [-0.3, -0.25) is 0 Å². The summed E-state index contributed by atoms with van der Waals surface area (Å²) in [6, 6.07) is 32.2. The molecule has 0 radical (unpaired) electrons. The Balaban J connectivity index is 1.15. The molecule has 0 saturated heterocycles. The van der Waals surface area contributed by atoms with Crippen molar-refractivity contribution in [3.05, 3.63) is 149 Å². The Morgan fingerprint density at radius 2 is 1.40 bits per heavy atom. The molecular formula is C34H28O. The summed E-state index contributed by atoms with van der Waals surface area (Å²) in [6.07, 6.45) is 14.3. The summed E-state index contributed by atoms with van der Waals surface area (Å²) in [5, 5.41) is 2.69. The lowest BCUT2D eigenvalue weighted by Gasteiger charge is -2.14. The van der Waals surface area contributed by atoms with Crippen LogP contribution in [0.2, 0.25) is 0 Å². The summed E-state index contributed by atoms with van der Waals surface area (Å²) in [7, 11) is 0. The van der Waals surface area contributed by atoms with E-state index >= 15 is 0 Å². The van der Waals surface area contributed by atoms with Gasteiger partial charge in [0, 0.05) is 0 Å². The predicted molar refractivity (Wildman–Crippen MR) is 147 cm³/mol. The van der Waals surface area contributed by atoms with E-state index < -0.39 is 0 Å². The van der Waals surface area contributed by atoms with E-state index in [0.717, 1.165) is 25.0 Å². The van der Waals surface area contributed by atoms with E-state index in [9.17, 15) is 0 Å². The molecule has 0 amide bonds. The third kappa shape index (κ3) is 4.63. The van der Waals surface area contributed by atoms with E-state index in [4.69, 9.17) is 4.74 Å². The van der Waals surface area contributed by atoms with E-state index in [2.05, 4.69) is 103 Å². The highest BCUT2D eigenvalue weighted by molar-refractivity contribution is 6.02. The van der Waals surface area contributed by atoms with Gasteiger partial charge in [0.15, 0.2) is 0 Å². The first-order valence-corrected chi connectivity index (χ1v) is 12.4. The molecule has 0 fully saturated rings. The maximum Gasteiger partial charge on any atom is 0.119 e. The minimum Gasteiger partial charge on any atom is -0.489 e. The summed E-state index contributed by atoms with van der Waals surface area (Å²) in [5.74, 6) is 0.913. The van der Waals surface area contributed by atoms with E-state index in [0.29, 0.717) is 6.61 Å². The van der Waals surface area contributed by atoms with Crippen LogP contribution in [0.4, 0.5) is 0 Å². The Morgan fingerprint density at radius 1 is 0.629 bits per heavy atom. The van der Waals surface area contributed by atoms with Crippen molar-refractivity contribution in [2.24, 2.45) is 0 Å². The molecule has 0 N–H and O–H groups in total. The van der Waals surface area contributed by atoms with Crippen LogP contribution < -0.4 is 4.74 Å². The minimum absolute atomic E-state index is 0.596. The van der Waals surface area contributed by atoms with Crippen molar-refractivity contribution in [3.63, 3.8) is 0 Å². The minimum atomic E-state index is 0.596. The number of hydrogen-bond donors (Lipinski definition) is 0. The van der Waals surface area contributed by atoms with Crippen LogP contribution in [0.5, 0.6) is 5.75 Å². The molecular weight excluding hydrogens is 424 g/mol. The second kappa shape index (κ2) is 9.64. The van der Waals surface area contributed by atoms with Gasteiger partial charge in [-0.1, -0.05) is 115 Å². The Labute approximate surface area is 207 Å². The average molecular weight is 453 g/mol. The molecule has 4 aromatic carbocycles. The van der Waals surface area contributed by atoms with Crippen LogP contribution in [0, 0.1) is 0 Å².